The molecule has 3 rings (SSSR count). The van der Waals surface area contributed by atoms with Gasteiger partial charge in [-0.3, -0.25) is 4.79 Å². The lowest BCUT2D eigenvalue weighted by Crippen LogP contribution is -2.37. The van der Waals surface area contributed by atoms with Crippen molar-refractivity contribution >= 4 is 38.2 Å². The Labute approximate surface area is 219 Å². The summed E-state index contributed by atoms with van der Waals surface area (Å²) in [4.78, 5) is 27.1. The number of rotatable bonds is 10. The summed E-state index contributed by atoms with van der Waals surface area (Å²) in [5.74, 6) is -0.415. The molecule has 0 saturated heterocycles. The molecule has 1 aromatic carbocycles. The molecule has 9 heteroatoms. The largest absolute Gasteiger partial charge is 0.462 e. The van der Waals surface area contributed by atoms with Crippen LogP contribution in [0.3, 0.4) is 0 Å². The van der Waals surface area contributed by atoms with Crippen molar-refractivity contribution in [1.82, 2.24) is 4.31 Å². The zero-order valence-electron chi connectivity index (χ0n) is 21.9. The lowest BCUT2D eigenvalue weighted by Gasteiger charge is -2.25. The van der Waals surface area contributed by atoms with Crippen LogP contribution in [0.5, 0.6) is 0 Å². The number of nitrogens with one attached hydrogen (secondary N) is 1. The number of fused-ring (bicyclic) bond motifs is 1. The van der Waals surface area contributed by atoms with E-state index in [2.05, 4.69) is 5.32 Å². The summed E-state index contributed by atoms with van der Waals surface area (Å²) in [5.41, 5.74) is 1.78. The van der Waals surface area contributed by atoms with Crippen molar-refractivity contribution in [3.8, 4) is 0 Å². The van der Waals surface area contributed by atoms with E-state index in [0.717, 1.165) is 42.5 Å². The Morgan fingerprint density at radius 3 is 2.19 bits per heavy atom. The number of hydrogen-bond donors (Lipinski definition) is 1. The Balaban J connectivity index is 1.85. The third-order valence-corrected chi connectivity index (χ3v) is 9.07. The van der Waals surface area contributed by atoms with Crippen LogP contribution in [0.4, 0.5) is 5.00 Å². The molecular weight excluding hydrogens is 496 g/mol. The predicted octanol–water partition coefficient (Wildman–Crippen LogP) is 5.75. The molecule has 0 fully saturated rings. The number of carbonyl (C=O) groups is 2. The van der Waals surface area contributed by atoms with Crippen LogP contribution in [0.15, 0.2) is 29.2 Å². The Kier molecular flexibility index (Phi) is 9.72. The molecule has 0 unspecified atom stereocenters. The fraction of sp³-hybridized carbons (Fsp3) is 0.556. The number of hydrogen-bond acceptors (Lipinski definition) is 6. The van der Waals surface area contributed by atoms with E-state index in [1.54, 1.807) is 6.92 Å². The van der Waals surface area contributed by atoms with Gasteiger partial charge in [-0.05, 0) is 74.3 Å². The van der Waals surface area contributed by atoms with E-state index < -0.39 is 16.0 Å². The normalized spacial score (nSPS) is 14.1. The smallest absolute Gasteiger partial charge is 0.341 e. The van der Waals surface area contributed by atoms with Gasteiger partial charge in [-0.25, -0.2) is 13.2 Å². The maximum Gasteiger partial charge on any atom is 0.341 e. The van der Waals surface area contributed by atoms with E-state index in [0.29, 0.717) is 29.2 Å². The van der Waals surface area contributed by atoms with Crippen molar-refractivity contribution in [2.24, 2.45) is 11.8 Å². The lowest BCUT2D eigenvalue weighted by molar-refractivity contribution is 0.0527. The Morgan fingerprint density at radius 1 is 1.00 bits per heavy atom. The first-order valence-corrected chi connectivity index (χ1v) is 15.0. The standard InChI is InChI=1S/C27H38N2O5S2/c1-6-34-27(31)24-22-10-8-7-9-11-23(22)35-26(24)28-25(30)20-12-14-21(15-13-20)36(32,33)29(16-18(2)3)17-19(4)5/h12-15,18-19H,6-11,16-17H2,1-5H3,(H,28,30). The third kappa shape index (κ3) is 6.75. The molecule has 1 amide bonds. The highest BCUT2D eigenvalue weighted by Gasteiger charge is 2.28. The second kappa shape index (κ2) is 12.3. The van der Waals surface area contributed by atoms with Crippen LogP contribution < -0.4 is 5.32 Å². The SMILES string of the molecule is CCOC(=O)c1c(NC(=O)c2ccc(S(=O)(=O)N(CC(C)C)CC(C)C)cc2)sc2c1CCCCC2. The minimum absolute atomic E-state index is 0.162. The first-order chi connectivity index (χ1) is 17.0. The zero-order valence-corrected chi connectivity index (χ0v) is 23.6. The minimum Gasteiger partial charge on any atom is -0.462 e. The molecule has 0 atom stereocenters. The highest BCUT2D eigenvalue weighted by atomic mass is 32.2. The molecule has 1 aromatic heterocycles. The summed E-state index contributed by atoms with van der Waals surface area (Å²) in [5, 5.41) is 3.40. The van der Waals surface area contributed by atoms with Gasteiger partial charge < -0.3 is 10.1 Å². The summed E-state index contributed by atoms with van der Waals surface area (Å²) in [6.07, 6.45) is 4.87. The number of thiophene rings is 1. The number of anilines is 1. The van der Waals surface area contributed by atoms with Crippen LogP contribution in [0.25, 0.3) is 0 Å². The fourth-order valence-corrected chi connectivity index (χ4v) is 7.48. The molecule has 198 valence electrons. The number of amides is 1. The molecule has 1 aliphatic carbocycles. The number of aryl methyl sites for hydroxylation is 1. The van der Waals surface area contributed by atoms with Crippen LogP contribution >= 0.6 is 11.3 Å². The fourth-order valence-electron chi connectivity index (χ4n) is 4.44. The average Bonchev–Trinajstić information content (AvgIpc) is 2.98. The first-order valence-electron chi connectivity index (χ1n) is 12.8. The number of sulfonamides is 1. The number of carbonyl (C=O) groups excluding carboxylic acids is 2. The maximum absolute atomic E-state index is 13.3. The number of ether oxygens (including phenoxy) is 1. The Bertz CT molecular complexity index is 1160. The third-order valence-electron chi connectivity index (χ3n) is 6.02. The number of nitrogens with zero attached hydrogens (tertiary/aromatic N) is 1. The van der Waals surface area contributed by atoms with Crippen molar-refractivity contribution in [2.75, 3.05) is 25.0 Å². The molecule has 0 bridgehead atoms. The maximum atomic E-state index is 13.3. The molecule has 1 N–H and O–H groups in total. The molecule has 1 heterocycles. The van der Waals surface area contributed by atoms with Crippen LogP contribution in [0, 0.1) is 11.8 Å². The first kappa shape index (κ1) is 28.3. The van der Waals surface area contributed by atoms with Gasteiger partial charge in [0.1, 0.15) is 5.00 Å². The minimum atomic E-state index is -3.68. The Morgan fingerprint density at radius 2 is 1.61 bits per heavy atom. The van der Waals surface area contributed by atoms with Gasteiger partial charge >= 0.3 is 5.97 Å². The van der Waals surface area contributed by atoms with Gasteiger partial charge in [0, 0.05) is 23.5 Å². The van der Waals surface area contributed by atoms with Gasteiger partial charge in [-0.1, -0.05) is 34.1 Å². The van der Waals surface area contributed by atoms with Gasteiger partial charge in [0.15, 0.2) is 0 Å². The highest BCUT2D eigenvalue weighted by Crippen LogP contribution is 2.38. The highest BCUT2D eigenvalue weighted by molar-refractivity contribution is 7.89. The van der Waals surface area contributed by atoms with E-state index in [1.165, 1.54) is 39.9 Å². The van der Waals surface area contributed by atoms with Crippen molar-refractivity contribution < 1.29 is 22.7 Å². The van der Waals surface area contributed by atoms with Crippen molar-refractivity contribution in [3.63, 3.8) is 0 Å². The van der Waals surface area contributed by atoms with Crippen LogP contribution in [-0.2, 0) is 27.6 Å². The molecule has 36 heavy (non-hydrogen) atoms. The molecule has 0 saturated carbocycles. The topological polar surface area (TPSA) is 92.8 Å². The van der Waals surface area contributed by atoms with E-state index >= 15 is 0 Å². The molecule has 7 nitrogen and oxygen atoms in total. The quantitative estimate of drug-likeness (QED) is 0.310. The average molecular weight is 535 g/mol. The van der Waals surface area contributed by atoms with Crippen molar-refractivity contribution in [1.29, 1.82) is 0 Å². The second-order valence-corrected chi connectivity index (χ2v) is 13.1. The van der Waals surface area contributed by atoms with Crippen LogP contribution in [0.1, 0.15) is 85.0 Å². The van der Waals surface area contributed by atoms with Gasteiger partial charge in [0.25, 0.3) is 5.91 Å². The summed E-state index contributed by atoms with van der Waals surface area (Å²) in [6.45, 7) is 10.9. The summed E-state index contributed by atoms with van der Waals surface area (Å²) in [6, 6.07) is 6.00. The zero-order chi connectivity index (χ0) is 26.5. The number of benzene rings is 1. The summed E-state index contributed by atoms with van der Waals surface area (Å²) >= 11 is 1.44. The van der Waals surface area contributed by atoms with Gasteiger partial charge in [-0.2, -0.15) is 4.31 Å². The monoisotopic (exact) mass is 534 g/mol. The molecule has 2 aromatic rings. The lowest BCUT2D eigenvalue weighted by atomic mass is 10.1. The summed E-state index contributed by atoms with van der Waals surface area (Å²) in [7, 11) is -3.68. The van der Waals surface area contributed by atoms with E-state index in [9.17, 15) is 18.0 Å². The summed E-state index contributed by atoms with van der Waals surface area (Å²) < 4.78 is 33.4. The van der Waals surface area contributed by atoms with E-state index in [4.69, 9.17) is 4.74 Å². The van der Waals surface area contributed by atoms with Gasteiger partial charge in [-0.15, -0.1) is 11.3 Å². The molecule has 0 spiro atoms. The molecular formula is C27H38N2O5S2. The van der Waals surface area contributed by atoms with Gasteiger partial charge in [0.2, 0.25) is 10.0 Å². The van der Waals surface area contributed by atoms with E-state index in [1.807, 2.05) is 27.7 Å². The second-order valence-electron chi connectivity index (χ2n) is 10.1. The van der Waals surface area contributed by atoms with Crippen molar-refractivity contribution in [2.45, 2.75) is 71.6 Å². The molecule has 0 radical (unpaired) electrons. The number of esters is 1. The Hall–Kier alpha value is -2.23. The van der Waals surface area contributed by atoms with Crippen LogP contribution in [0.2, 0.25) is 0 Å². The molecule has 0 aliphatic heterocycles. The van der Waals surface area contributed by atoms with Gasteiger partial charge in [0.05, 0.1) is 17.1 Å². The van der Waals surface area contributed by atoms with Crippen molar-refractivity contribution in [3.05, 3.63) is 45.8 Å². The predicted molar refractivity (Wildman–Crippen MR) is 144 cm³/mol. The molecule has 1 aliphatic rings. The van der Waals surface area contributed by atoms with Crippen LogP contribution in [-0.4, -0.2) is 44.3 Å². The van der Waals surface area contributed by atoms with E-state index in [-0.39, 0.29) is 29.2 Å².